The fourth-order valence-corrected chi connectivity index (χ4v) is 12.1. The topological polar surface area (TPSA) is 237 Å². The Hall–Kier alpha value is -2.46. The number of aliphatic hydroxyl groups is 1. The molecule has 0 fully saturated rings. The summed E-state index contributed by atoms with van der Waals surface area (Å²) in [7, 11) is -9.92. The molecule has 0 aromatic heterocycles. The highest BCUT2D eigenvalue weighted by molar-refractivity contribution is 7.47. The van der Waals surface area contributed by atoms with Crippen LogP contribution >= 0.6 is 15.6 Å². The molecule has 19 heteroatoms. The van der Waals surface area contributed by atoms with Crippen molar-refractivity contribution in [3.8, 4) is 0 Å². The minimum Gasteiger partial charge on any atom is -0.462 e. The molecule has 17 nitrogen and oxygen atoms in total. The molecule has 0 saturated carbocycles. The van der Waals surface area contributed by atoms with Gasteiger partial charge in [-0.25, -0.2) is 9.13 Å². The summed E-state index contributed by atoms with van der Waals surface area (Å²) in [5.41, 5.74) is 0. The van der Waals surface area contributed by atoms with Crippen molar-refractivity contribution in [1.29, 1.82) is 0 Å². The van der Waals surface area contributed by atoms with Crippen LogP contribution in [0, 0.1) is 17.8 Å². The molecule has 0 aliphatic rings. The summed E-state index contributed by atoms with van der Waals surface area (Å²) in [6.45, 7) is 11.8. The maximum atomic E-state index is 13.0. The molecular weight excluding hydrogens is 1210 g/mol. The molecule has 6 atom stereocenters. The maximum absolute atomic E-state index is 13.0. The smallest absolute Gasteiger partial charge is 0.462 e. The molecule has 0 aromatic carbocycles. The molecule has 0 spiro atoms. The molecule has 0 rings (SSSR count). The Morgan fingerprint density at radius 2 is 0.641 bits per heavy atom. The van der Waals surface area contributed by atoms with Crippen molar-refractivity contribution >= 4 is 39.5 Å². The molecule has 0 bridgehead atoms. The second kappa shape index (κ2) is 63.3. The van der Waals surface area contributed by atoms with E-state index in [9.17, 15) is 43.2 Å². The number of aliphatic hydroxyl groups excluding tert-OH is 1. The van der Waals surface area contributed by atoms with Gasteiger partial charge in [0.25, 0.3) is 0 Å². The molecule has 0 aromatic rings. The number of hydrogen-bond acceptors (Lipinski definition) is 15. The number of unbranched alkanes of at least 4 members (excludes halogenated alkanes) is 33. The van der Waals surface area contributed by atoms with E-state index >= 15 is 0 Å². The largest absolute Gasteiger partial charge is 0.472 e. The van der Waals surface area contributed by atoms with Crippen molar-refractivity contribution in [2.24, 2.45) is 17.8 Å². The van der Waals surface area contributed by atoms with Crippen molar-refractivity contribution in [2.75, 3.05) is 39.6 Å². The molecule has 0 amide bonds. The van der Waals surface area contributed by atoms with Gasteiger partial charge in [-0.1, -0.05) is 291 Å². The van der Waals surface area contributed by atoms with Crippen molar-refractivity contribution < 1.29 is 80.2 Å². The van der Waals surface area contributed by atoms with Gasteiger partial charge in [0.1, 0.15) is 19.3 Å². The number of phosphoric ester groups is 2. The average Bonchev–Trinajstić information content (AvgIpc) is 3.73. The van der Waals surface area contributed by atoms with Crippen molar-refractivity contribution in [3.63, 3.8) is 0 Å². The Bertz CT molecular complexity index is 1900. The van der Waals surface area contributed by atoms with Gasteiger partial charge in [-0.3, -0.25) is 37.3 Å². The highest BCUT2D eigenvalue weighted by atomic mass is 31.2. The maximum Gasteiger partial charge on any atom is 0.472 e. The first-order chi connectivity index (χ1) is 44.3. The minimum absolute atomic E-state index is 0.0845. The Kier molecular flexibility index (Phi) is 61.6. The zero-order valence-electron chi connectivity index (χ0n) is 59.5. The summed E-state index contributed by atoms with van der Waals surface area (Å²) in [6.07, 6.45) is 50.8. The highest BCUT2D eigenvalue weighted by Gasteiger charge is 2.30. The lowest BCUT2D eigenvalue weighted by atomic mass is 9.99. The second-order valence-corrected chi connectivity index (χ2v) is 29.7. The number of carbonyl (C=O) groups excluding carboxylic acids is 4. The van der Waals surface area contributed by atoms with Crippen LogP contribution in [0.4, 0.5) is 0 Å². The van der Waals surface area contributed by atoms with Crippen LogP contribution in [0.25, 0.3) is 0 Å². The summed E-state index contributed by atoms with van der Waals surface area (Å²) in [5, 5.41) is 10.6. The van der Waals surface area contributed by atoms with Crippen LogP contribution in [0.15, 0.2) is 24.3 Å². The first-order valence-electron chi connectivity index (χ1n) is 37.2. The predicted molar refractivity (Wildman–Crippen MR) is 372 cm³/mol. The Morgan fingerprint density at radius 1 is 0.359 bits per heavy atom. The number of rotatable bonds is 69. The molecule has 0 aliphatic heterocycles. The van der Waals surface area contributed by atoms with E-state index in [1.165, 1.54) is 135 Å². The summed E-state index contributed by atoms with van der Waals surface area (Å²) < 4.78 is 68.3. The molecular formula is C73H138O17P2. The summed E-state index contributed by atoms with van der Waals surface area (Å²) in [6, 6.07) is 0. The van der Waals surface area contributed by atoms with E-state index in [4.69, 9.17) is 37.0 Å². The van der Waals surface area contributed by atoms with Gasteiger partial charge in [-0.15, -0.1) is 0 Å². The Morgan fingerprint density at radius 3 is 0.967 bits per heavy atom. The molecule has 3 N–H and O–H groups in total. The number of allylic oxidation sites excluding steroid dienone is 4. The van der Waals surface area contributed by atoms with Gasteiger partial charge in [-0.05, 0) is 69.1 Å². The van der Waals surface area contributed by atoms with Crippen LogP contribution < -0.4 is 0 Å². The molecule has 0 heterocycles. The lowest BCUT2D eigenvalue weighted by Crippen LogP contribution is -2.30. The SMILES string of the molecule is CCCCCC/C=C\C=C/CCCCCCCC(=O)O[C@H](COC(=O)CCCCCCCCCCCCCCC(C)C)COP(=O)(O)OCC(O)COP(=O)(O)OC[C@@H](COC(=O)CCCCCCCCCC(C)C)OC(=O)CCCCCCCCCCC(C)CC. The third-order valence-electron chi connectivity index (χ3n) is 16.6. The first kappa shape index (κ1) is 89.5. The van der Waals surface area contributed by atoms with E-state index < -0.39 is 97.5 Å². The standard InChI is InChI=1S/C73H138O17P2/c1-8-10-11-12-13-14-15-16-17-18-23-26-34-42-49-56-72(77)89-68(60-83-70(75)54-47-40-33-25-22-20-19-21-24-30-37-44-51-64(3)4)62-87-91(79,80)85-58-67(74)59-86-92(81,82)88-63-69(61-84-71(76)55-48-41-36-29-31-38-45-52-65(5)6)90-73(78)57-50-43-35-28-27-32-39-46-53-66(7)9-2/h14-17,64-69,74H,8-13,18-63H2,1-7H3,(H,79,80)(H,81,82)/b15-14-,17-16-/t66?,67?,68-,69-/m1/s1. The first-order valence-corrected chi connectivity index (χ1v) is 40.2. The lowest BCUT2D eigenvalue weighted by Gasteiger charge is -2.21. The summed E-state index contributed by atoms with van der Waals surface area (Å²) in [4.78, 5) is 72.6. The van der Waals surface area contributed by atoms with Crippen molar-refractivity contribution in [2.45, 2.75) is 362 Å². The Balaban J connectivity index is 5.30. The van der Waals surface area contributed by atoms with E-state index in [0.717, 1.165) is 121 Å². The van der Waals surface area contributed by atoms with Gasteiger partial charge in [0, 0.05) is 25.7 Å². The quantitative estimate of drug-likeness (QED) is 0.0169. The highest BCUT2D eigenvalue weighted by Crippen LogP contribution is 2.45. The summed E-state index contributed by atoms with van der Waals surface area (Å²) in [5.74, 6) is 0.0958. The van der Waals surface area contributed by atoms with Crippen LogP contribution in [0.3, 0.4) is 0 Å². The van der Waals surface area contributed by atoms with Crippen molar-refractivity contribution in [3.05, 3.63) is 24.3 Å². The fourth-order valence-electron chi connectivity index (χ4n) is 10.5. The molecule has 0 aliphatic carbocycles. The third-order valence-corrected chi connectivity index (χ3v) is 18.5. The summed E-state index contributed by atoms with van der Waals surface area (Å²) >= 11 is 0. The normalized spacial score (nSPS) is 14.6. The van der Waals surface area contributed by atoms with Gasteiger partial charge in [0.15, 0.2) is 12.2 Å². The molecule has 542 valence electrons. The number of hydrogen-bond donors (Lipinski definition) is 3. The van der Waals surface area contributed by atoms with Gasteiger partial charge in [0.05, 0.1) is 26.4 Å². The van der Waals surface area contributed by atoms with Gasteiger partial charge < -0.3 is 33.8 Å². The fraction of sp³-hybridized carbons (Fsp3) is 0.890. The predicted octanol–water partition coefficient (Wildman–Crippen LogP) is 20.6. The third kappa shape index (κ3) is 64.9. The Labute approximate surface area is 561 Å². The van der Waals surface area contributed by atoms with Gasteiger partial charge in [0.2, 0.25) is 0 Å². The monoisotopic (exact) mass is 1350 g/mol. The molecule has 4 unspecified atom stereocenters. The van der Waals surface area contributed by atoms with E-state index in [0.29, 0.717) is 31.6 Å². The number of carbonyl (C=O) groups is 4. The molecule has 0 saturated heterocycles. The number of phosphoric acid groups is 2. The number of ether oxygens (including phenoxy) is 4. The molecule has 92 heavy (non-hydrogen) atoms. The van der Waals surface area contributed by atoms with Crippen LogP contribution in [0.1, 0.15) is 344 Å². The van der Waals surface area contributed by atoms with Crippen molar-refractivity contribution in [1.82, 2.24) is 0 Å². The molecule has 0 radical (unpaired) electrons. The van der Waals surface area contributed by atoms with Gasteiger partial charge in [-0.2, -0.15) is 0 Å². The van der Waals surface area contributed by atoms with E-state index in [1.807, 2.05) is 0 Å². The van der Waals surface area contributed by atoms with E-state index in [1.54, 1.807) is 0 Å². The zero-order valence-corrected chi connectivity index (χ0v) is 61.3. The average molecular weight is 1350 g/mol. The lowest BCUT2D eigenvalue weighted by molar-refractivity contribution is -0.161. The van der Waals surface area contributed by atoms with E-state index in [2.05, 4.69) is 72.8 Å². The number of esters is 4. The van der Waals surface area contributed by atoms with Crippen LogP contribution in [0.5, 0.6) is 0 Å². The van der Waals surface area contributed by atoms with Crippen LogP contribution in [-0.2, 0) is 65.4 Å². The van der Waals surface area contributed by atoms with Crippen LogP contribution in [-0.4, -0.2) is 96.7 Å². The van der Waals surface area contributed by atoms with E-state index in [-0.39, 0.29) is 25.7 Å². The van der Waals surface area contributed by atoms with Gasteiger partial charge >= 0.3 is 39.5 Å². The second-order valence-electron chi connectivity index (χ2n) is 26.8. The minimum atomic E-state index is -4.96. The zero-order chi connectivity index (χ0) is 68.0. The van der Waals surface area contributed by atoms with Crippen LogP contribution in [0.2, 0.25) is 0 Å².